The van der Waals surface area contributed by atoms with Crippen LogP contribution >= 0.6 is 0 Å². The van der Waals surface area contributed by atoms with Gasteiger partial charge in [-0.1, -0.05) is 17.7 Å². The fourth-order valence-electron chi connectivity index (χ4n) is 2.95. The number of ether oxygens (including phenoxy) is 1. The Morgan fingerprint density at radius 2 is 1.75 bits per heavy atom. The standard InChI is InChI=1S/C21H23N3O4/c1-12-6-8-17(9-7-12)24-18(10-13(2)23-24)22-19(25)11-27-21(26)20-14(3)15(4)28-16(20)5/h6-10H,11H2,1-5H3,(H,22,25). The van der Waals surface area contributed by atoms with E-state index in [0.29, 0.717) is 22.9 Å². The molecule has 7 nitrogen and oxygen atoms in total. The van der Waals surface area contributed by atoms with Gasteiger partial charge >= 0.3 is 5.97 Å². The summed E-state index contributed by atoms with van der Waals surface area (Å²) >= 11 is 0. The number of carbonyl (C=O) groups excluding carboxylic acids is 2. The molecule has 0 spiro atoms. The van der Waals surface area contributed by atoms with Crippen molar-refractivity contribution in [3.8, 4) is 5.69 Å². The Balaban J connectivity index is 1.69. The number of aromatic nitrogens is 2. The average molecular weight is 381 g/mol. The molecule has 3 rings (SSSR count). The lowest BCUT2D eigenvalue weighted by Crippen LogP contribution is -2.22. The number of furan rings is 1. The fraction of sp³-hybridized carbons (Fsp3) is 0.286. The van der Waals surface area contributed by atoms with E-state index in [-0.39, 0.29) is 0 Å². The van der Waals surface area contributed by atoms with E-state index in [4.69, 9.17) is 9.15 Å². The normalized spacial score (nSPS) is 10.8. The maximum Gasteiger partial charge on any atom is 0.342 e. The van der Waals surface area contributed by atoms with Gasteiger partial charge in [-0.2, -0.15) is 5.10 Å². The van der Waals surface area contributed by atoms with Gasteiger partial charge in [-0.3, -0.25) is 4.79 Å². The second-order valence-electron chi connectivity index (χ2n) is 6.76. The van der Waals surface area contributed by atoms with Crippen molar-refractivity contribution in [1.82, 2.24) is 9.78 Å². The second kappa shape index (κ2) is 7.72. The van der Waals surface area contributed by atoms with Gasteiger partial charge in [0.05, 0.1) is 11.4 Å². The van der Waals surface area contributed by atoms with Crippen LogP contribution in [0.25, 0.3) is 5.69 Å². The van der Waals surface area contributed by atoms with E-state index in [0.717, 1.165) is 22.5 Å². The van der Waals surface area contributed by atoms with E-state index in [1.807, 2.05) is 38.1 Å². The van der Waals surface area contributed by atoms with Crippen molar-refractivity contribution < 1.29 is 18.7 Å². The summed E-state index contributed by atoms with van der Waals surface area (Å²) in [6.45, 7) is 8.69. The summed E-state index contributed by atoms with van der Waals surface area (Å²) < 4.78 is 12.2. The monoisotopic (exact) mass is 381 g/mol. The third-order valence-corrected chi connectivity index (χ3v) is 4.48. The van der Waals surface area contributed by atoms with Crippen LogP contribution in [0.3, 0.4) is 0 Å². The number of hydrogen-bond acceptors (Lipinski definition) is 5. The molecule has 0 aliphatic rings. The third-order valence-electron chi connectivity index (χ3n) is 4.48. The number of nitrogens with one attached hydrogen (secondary N) is 1. The number of esters is 1. The molecule has 0 atom stereocenters. The fourth-order valence-corrected chi connectivity index (χ4v) is 2.95. The molecule has 0 saturated heterocycles. The van der Waals surface area contributed by atoms with Gasteiger partial charge in [-0.25, -0.2) is 9.48 Å². The van der Waals surface area contributed by atoms with Gasteiger partial charge in [0.15, 0.2) is 6.61 Å². The highest BCUT2D eigenvalue weighted by Gasteiger charge is 2.21. The molecule has 0 aliphatic heterocycles. The lowest BCUT2D eigenvalue weighted by Gasteiger charge is -2.10. The van der Waals surface area contributed by atoms with Gasteiger partial charge in [0.1, 0.15) is 22.9 Å². The van der Waals surface area contributed by atoms with Gasteiger partial charge in [-0.15, -0.1) is 0 Å². The first-order valence-corrected chi connectivity index (χ1v) is 8.93. The van der Waals surface area contributed by atoms with Gasteiger partial charge in [0.25, 0.3) is 5.91 Å². The van der Waals surface area contributed by atoms with Crippen LogP contribution in [0.15, 0.2) is 34.7 Å². The molecule has 1 amide bonds. The number of amides is 1. The number of hydrogen-bond donors (Lipinski definition) is 1. The summed E-state index contributed by atoms with van der Waals surface area (Å²) in [4.78, 5) is 24.6. The molecule has 0 fully saturated rings. The summed E-state index contributed by atoms with van der Waals surface area (Å²) in [7, 11) is 0. The van der Waals surface area contributed by atoms with Crippen molar-refractivity contribution in [3.05, 3.63) is 64.2 Å². The van der Waals surface area contributed by atoms with Gasteiger partial charge in [0.2, 0.25) is 0 Å². The number of carbonyl (C=O) groups is 2. The summed E-state index contributed by atoms with van der Waals surface area (Å²) in [5.41, 5.74) is 3.80. The molecular weight excluding hydrogens is 358 g/mol. The highest BCUT2D eigenvalue weighted by Crippen LogP contribution is 2.22. The minimum atomic E-state index is -0.578. The van der Waals surface area contributed by atoms with E-state index >= 15 is 0 Å². The highest BCUT2D eigenvalue weighted by atomic mass is 16.5. The zero-order valence-electron chi connectivity index (χ0n) is 16.6. The van der Waals surface area contributed by atoms with Crippen molar-refractivity contribution in [2.75, 3.05) is 11.9 Å². The Hall–Kier alpha value is -3.35. The minimum absolute atomic E-state index is 0.367. The predicted molar refractivity (Wildman–Crippen MR) is 105 cm³/mol. The Bertz CT molecular complexity index is 1030. The summed E-state index contributed by atoms with van der Waals surface area (Å²) in [6, 6.07) is 9.54. The van der Waals surface area contributed by atoms with Crippen molar-refractivity contribution in [1.29, 1.82) is 0 Å². The third kappa shape index (κ3) is 3.98. The molecule has 0 radical (unpaired) electrons. The first kappa shape index (κ1) is 19.4. The van der Waals surface area contributed by atoms with E-state index in [2.05, 4.69) is 10.4 Å². The number of aryl methyl sites for hydroxylation is 4. The molecule has 0 saturated carbocycles. The van der Waals surface area contributed by atoms with Gasteiger partial charge in [0, 0.05) is 11.6 Å². The molecule has 2 aromatic heterocycles. The van der Waals surface area contributed by atoms with Crippen molar-refractivity contribution in [2.45, 2.75) is 34.6 Å². The predicted octanol–water partition coefficient (Wildman–Crippen LogP) is 3.80. The van der Waals surface area contributed by atoms with Crippen LogP contribution < -0.4 is 5.32 Å². The molecular formula is C21H23N3O4. The number of rotatable bonds is 5. The number of anilines is 1. The molecule has 28 heavy (non-hydrogen) atoms. The van der Waals surface area contributed by atoms with E-state index in [9.17, 15) is 9.59 Å². The zero-order valence-corrected chi connectivity index (χ0v) is 16.6. The molecule has 1 N–H and O–H groups in total. The Morgan fingerprint density at radius 1 is 1.07 bits per heavy atom. The van der Waals surface area contributed by atoms with Crippen LogP contribution in [0.4, 0.5) is 5.82 Å². The van der Waals surface area contributed by atoms with Crippen LogP contribution in [-0.4, -0.2) is 28.3 Å². The quantitative estimate of drug-likeness (QED) is 0.679. The summed E-state index contributed by atoms with van der Waals surface area (Å²) in [5.74, 6) is 0.621. The molecule has 0 bridgehead atoms. The highest BCUT2D eigenvalue weighted by molar-refractivity contribution is 5.96. The van der Waals surface area contributed by atoms with Gasteiger partial charge in [-0.05, 0) is 46.8 Å². The number of nitrogens with zero attached hydrogens (tertiary/aromatic N) is 2. The Morgan fingerprint density at radius 3 is 2.36 bits per heavy atom. The second-order valence-corrected chi connectivity index (χ2v) is 6.76. The molecule has 0 unspecified atom stereocenters. The van der Waals surface area contributed by atoms with E-state index in [1.165, 1.54) is 0 Å². The SMILES string of the molecule is Cc1ccc(-n2nc(C)cc2NC(=O)COC(=O)c2c(C)oc(C)c2C)cc1. The lowest BCUT2D eigenvalue weighted by molar-refractivity contribution is -0.119. The molecule has 7 heteroatoms. The van der Waals surface area contributed by atoms with Crippen LogP contribution in [-0.2, 0) is 9.53 Å². The van der Waals surface area contributed by atoms with Crippen molar-refractivity contribution in [2.24, 2.45) is 0 Å². The van der Waals surface area contributed by atoms with Gasteiger partial charge < -0.3 is 14.5 Å². The maximum absolute atomic E-state index is 12.3. The van der Waals surface area contributed by atoms with Crippen LogP contribution in [0, 0.1) is 34.6 Å². The van der Waals surface area contributed by atoms with Crippen LogP contribution in [0.2, 0.25) is 0 Å². The Kier molecular flexibility index (Phi) is 5.35. The van der Waals surface area contributed by atoms with Crippen LogP contribution in [0.1, 0.15) is 38.7 Å². The number of benzene rings is 1. The molecule has 0 aliphatic carbocycles. The van der Waals surface area contributed by atoms with Crippen molar-refractivity contribution >= 4 is 17.7 Å². The van der Waals surface area contributed by atoms with Crippen LogP contribution in [0.5, 0.6) is 0 Å². The molecule has 3 aromatic rings. The summed E-state index contributed by atoms with van der Waals surface area (Å²) in [5, 5.41) is 7.16. The van der Waals surface area contributed by atoms with Crippen molar-refractivity contribution in [3.63, 3.8) is 0 Å². The Labute approximate surface area is 163 Å². The molecule has 146 valence electrons. The topological polar surface area (TPSA) is 86.4 Å². The largest absolute Gasteiger partial charge is 0.465 e. The van der Waals surface area contributed by atoms with E-state index in [1.54, 1.807) is 31.5 Å². The summed E-state index contributed by atoms with van der Waals surface area (Å²) in [6.07, 6.45) is 0. The maximum atomic E-state index is 12.3. The smallest absolute Gasteiger partial charge is 0.342 e. The molecule has 1 aromatic carbocycles. The molecule has 2 heterocycles. The van der Waals surface area contributed by atoms with E-state index < -0.39 is 18.5 Å². The first-order chi connectivity index (χ1) is 13.3. The lowest BCUT2D eigenvalue weighted by atomic mass is 10.1. The first-order valence-electron chi connectivity index (χ1n) is 8.93. The minimum Gasteiger partial charge on any atom is -0.465 e. The zero-order chi connectivity index (χ0) is 20.4. The average Bonchev–Trinajstić information content (AvgIpc) is 3.12.